The molecule has 5 heteroatoms. The highest BCUT2D eigenvalue weighted by Gasteiger charge is 1.98. The molecule has 0 spiro atoms. The Morgan fingerprint density at radius 1 is 1.29 bits per heavy atom. The molecule has 1 heterocycles. The van der Waals surface area contributed by atoms with Gasteiger partial charge in [-0.05, 0) is 11.5 Å². The molecule has 4 nitrogen and oxygen atoms in total. The molecule has 0 bridgehead atoms. The van der Waals surface area contributed by atoms with E-state index in [0.717, 1.165) is 10.8 Å². The van der Waals surface area contributed by atoms with Gasteiger partial charge in [-0.15, -0.1) is 0 Å². The second kappa shape index (κ2) is 3.73. The quantitative estimate of drug-likeness (QED) is 0.739. The summed E-state index contributed by atoms with van der Waals surface area (Å²) in [5, 5.41) is 1.98. The van der Waals surface area contributed by atoms with Gasteiger partial charge < -0.3 is 0 Å². The van der Waals surface area contributed by atoms with Crippen LogP contribution >= 0.6 is 0 Å². The third-order valence-corrected chi connectivity index (χ3v) is 2.21. The number of nitrogens with one attached hydrogen (secondary N) is 1. The smallest absolute Gasteiger partial charge is 0.260 e. The van der Waals surface area contributed by atoms with Crippen molar-refractivity contribution in [3.05, 3.63) is 36.5 Å². The number of aromatic nitrogens is 1. The molecule has 0 saturated heterocycles. The van der Waals surface area contributed by atoms with Crippen molar-refractivity contribution in [1.29, 1.82) is 0 Å². The number of benzene rings is 1. The van der Waals surface area contributed by atoms with E-state index in [1.165, 1.54) is 0 Å². The maximum atomic E-state index is 10.5. The van der Waals surface area contributed by atoms with Gasteiger partial charge in [-0.1, -0.05) is 24.3 Å². The average molecular weight is 208 g/mol. The van der Waals surface area contributed by atoms with Gasteiger partial charge in [-0.3, -0.25) is 9.27 Å². The van der Waals surface area contributed by atoms with Gasteiger partial charge in [0.05, 0.1) is 0 Å². The zero-order valence-electron chi connectivity index (χ0n) is 7.18. The van der Waals surface area contributed by atoms with Crippen molar-refractivity contribution in [3.8, 4) is 0 Å². The molecule has 0 aliphatic carbocycles. The first kappa shape index (κ1) is 9.11. The monoisotopic (exact) mass is 208 g/mol. The fourth-order valence-corrected chi connectivity index (χ4v) is 1.52. The highest BCUT2D eigenvalue weighted by molar-refractivity contribution is 7.80. The van der Waals surface area contributed by atoms with Crippen LogP contribution in [0, 0.1) is 0 Å². The van der Waals surface area contributed by atoms with Gasteiger partial charge >= 0.3 is 0 Å². The molecule has 0 saturated carbocycles. The van der Waals surface area contributed by atoms with Crippen molar-refractivity contribution in [2.75, 3.05) is 4.72 Å². The van der Waals surface area contributed by atoms with Crippen molar-refractivity contribution < 1.29 is 8.76 Å². The van der Waals surface area contributed by atoms with E-state index < -0.39 is 11.3 Å². The van der Waals surface area contributed by atoms with Gasteiger partial charge in [0, 0.05) is 11.6 Å². The molecular weight excluding hydrogens is 200 g/mol. The fourth-order valence-electron chi connectivity index (χ4n) is 1.23. The van der Waals surface area contributed by atoms with Crippen molar-refractivity contribution in [3.63, 3.8) is 0 Å². The Morgan fingerprint density at radius 3 is 2.71 bits per heavy atom. The first-order valence-corrected chi connectivity index (χ1v) is 5.09. The van der Waals surface area contributed by atoms with Crippen LogP contribution in [0.5, 0.6) is 0 Å². The predicted octanol–water partition coefficient (Wildman–Crippen LogP) is 1.78. The molecule has 1 atom stereocenters. The van der Waals surface area contributed by atoms with E-state index in [-0.39, 0.29) is 0 Å². The molecule has 2 N–H and O–H groups in total. The number of pyridine rings is 1. The van der Waals surface area contributed by atoms with E-state index in [2.05, 4.69) is 9.71 Å². The minimum absolute atomic E-state index is 0.393. The number of rotatable bonds is 2. The fraction of sp³-hybridized carbons (Fsp3) is 0. The third kappa shape index (κ3) is 1.89. The van der Waals surface area contributed by atoms with Crippen LogP contribution in [0.25, 0.3) is 10.8 Å². The van der Waals surface area contributed by atoms with Crippen LogP contribution in [0.2, 0.25) is 0 Å². The Kier molecular flexibility index (Phi) is 2.43. The van der Waals surface area contributed by atoms with Crippen molar-refractivity contribution in [2.24, 2.45) is 0 Å². The second-order valence-corrected chi connectivity index (χ2v) is 3.47. The first-order chi connectivity index (χ1) is 6.75. The predicted molar refractivity (Wildman–Crippen MR) is 56.1 cm³/mol. The Hall–Kier alpha value is -1.46. The number of hydrogen-bond acceptors (Lipinski definition) is 2. The van der Waals surface area contributed by atoms with Gasteiger partial charge in [-0.25, -0.2) is 9.19 Å². The lowest BCUT2D eigenvalue weighted by molar-refractivity contribution is 0.570. The van der Waals surface area contributed by atoms with Gasteiger partial charge in [0.1, 0.15) is 5.82 Å². The Morgan fingerprint density at radius 2 is 2.00 bits per heavy atom. The summed E-state index contributed by atoms with van der Waals surface area (Å²) in [7, 11) is 0. The maximum absolute atomic E-state index is 10.5. The van der Waals surface area contributed by atoms with Crippen LogP contribution in [-0.4, -0.2) is 13.7 Å². The normalized spacial score (nSPS) is 12.6. The minimum atomic E-state index is -2.07. The summed E-state index contributed by atoms with van der Waals surface area (Å²) in [5.41, 5.74) is 0. The summed E-state index contributed by atoms with van der Waals surface area (Å²) in [5.74, 6) is 0.393. The van der Waals surface area contributed by atoms with Crippen LogP contribution in [0.15, 0.2) is 36.5 Å². The second-order valence-electron chi connectivity index (χ2n) is 2.77. The summed E-state index contributed by atoms with van der Waals surface area (Å²) in [4.78, 5) is 3.98. The standard InChI is InChI=1S/C9H8N2O2S/c12-14(13)11-9-5-7-3-1-2-4-8(7)6-10-9/h1-6H,(H,10,11)(H,12,13). The zero-order valence-corrected chi connectivity index (χ0v) is 7.99. The van der Waals surface area contributed by atoms with Gasteiger partial charge in [-0.2, -0.15) is 0 Å². The van der Waals surface area contributed by atoms with Crippen LogP contribution in [0.3, 0.4) is 0 Å². The van der Waals surface area contributed by atoms with E-state index in [1.807, 2.05) is 24.3 Å². The highest BCUT2D eigenvalue weighted by Crippen LogP contribution is 2.15. The topological polar surface area (TPSA) is 62.2 Å². The van der Waals surface area contributed by atoms with Crippen molar-refractivity contribution in [1.82, 2.24) is 4.98 Å². The van der Waals surface area contributed by atoms with Gasteiger partial charge in [0.15, 0.2) is 0 Å². The third-order valence-electron chi connectivity index (χ3n) is 1.82. The largest absolute Gasteiger partial charge is 0.289 e. The van der Waals surface area contributed by atoms with Gasteiger partial charge in [0.25, 0.3) is 11.3 Å². The molecule has 2 aromatic rings. The number of hydrogen-bond donors (Lipinski definition) is 2. The number of fused-ring (bicyclic) bond motifs is 1. The van der Waals surface area contributed by atoms with E-state index in [0.29, 0.717) is 5.82 Å². The Bertz CT molecular complexity index is 487. The molecule has 0 aliphatic rings. The van der Waals surface area contributed by atoms with Crippen LogP contribution in [0.1, 0.15) is 0 Å². The lowest BCUT2D eigenvalue weighted by atomic mass is 10.2. The summed E-state index contributed by atoms with van der Waals surface area (Å²) in [6.07, 6.45) is 1.66. The molecule has 0 aliphatic heterocycles. The van der Waals surface area contributed by atoms with Crippen LogP contribution in [0.4, 0.5) is 5.82 Å². The highest BCUT2D eigenvalue weighted by atomic mass is 32.2. The van der Waals surface area contributed by atoms with E-state index in [1.54, 1.807) is 12.3 Å². The molecular formula is C9H8N2O2S. The van der Waals surface area contributed by atoms with Crippen molar-refractivity contribution in [2.45, 2.75) is 0 Å². The molecule has 0 radical (unpaired) electrons. The zero-order chi connectivity index (χ0) is 9.97. The lowest BCUT2D eigenvalue weighted by Gasteiger charge is -2.01. The van der Waals surface area contributed by atoms with Crippen molar-refractivity contribution >= 4 is 27.9 Å². The lowest BCUT2D eigenvalue weighted by Crippen LogP contribution is -2.03. The van der Waals surface area contributed by atoms with Crippen LogP contribution in [-0.2, 0) is 11.3 Å². The number of nitrogens with zero attached hydrogens (tertiary/aromatic N) is 1. The summed E-state index contributed by atoms with van der Waals surface area (Å²) in [6.45, 7) is 0. The SMILES string of the molecule is O=S(O)Nc1cc2ccccc2cn1. The summed E-state index contributed by atoms with van der Waals surface area (Å²) < 4.78 is 21.4. The Labute approximate surface area is 83.4 Å². The molecule has 14 heavy (non-hydrogen) atoms. The maximum Gasteiger partial charge on any atom is 0.260 e. The van der Waals surface area contributed by atoms with Gasteiger partial charge in [0.2, 0.25) is 0 Å². The molecule has 72 valence electrons. The summed E-state index contributed by atoms with van der Waals surface area (Å²) in [6, 6.07) is 9.40. The molecule has 1 aromatic heterocycles. The van der Waals surface area contributed by atoms with Crippen LogP contribution < -0.4 is 4.72 Å². The summed E-state index contributed by atoms with van der Waals surface area (Å²) >= 11 is -2.07. The first-order valence-electron chi connectivity index (χ1n) is 3.98. The average Bonchev–Trinajstić information content (AvgIpc) is 2.17. The van der Waals surface area contributed by atoms with E-state index in [9.17, 15) is 4.21 Å². The Balaban J connectivity index is 2.46. The van der Waals surface area contributed by atoms with E-state index in [4.69, 9.17) is 4.55 Å². The minimum Gasteiger partial charge on any atom is -0.289 e. The molecule has 0 amide bonds. The molecule has 1 unspecified atom stereocenters. The molecule has 1 aromatic carbocycles. The number of anilines is 1. The molecule has 2 rings (SSSR count). The van der Waals surface area contributed by atoms with E-state index >= 15 is 0 Å². The molecule has 0 fully saturated rings.